The van der Waals surface area contributed by atoms with E-state index in [4.69, 9.17) is 4.42 Å². The number of hydrogen-bond acceptors (Lipinski definition) is 8. The quantitative estimate of drug-likeness (QED) is 0.666. The number of fused-ring (bicyclic) bond motifs is 1. The van der Waals surface area contributed by atoms with Crippen LogP contribution in [0.1, 0.15) is 18.5 Å². The maximum atomic E-state index is 12.7. The van der Waals surface area contributed by atoms with Crippen molar-refractivity contribution in [2.45, 2.75) is 19.3 Å². The fraction of sp³-hybridized carbons (Fsp3) is 0.450. The van der Waals surface area contributed by atoms with Gasteiger partial charge in [0.1, 0.15) is 11.5 Å². The Morgan fingerprint density at radius 3 is 2.61 bits per heavy atom. The summed E-state index contributed by atoms with van der Waals surface area (Å²) in [7, 11) is 5.77. The first-order valence-corrected chi connectivity index (χ1v) is 9.47. The molecular formula is C20H24N6O2. The highest BCUT2D eigenvalue weighted by atomic mass is 16.4. The molecule has 3 aromatic rings. The molecule has 8 nitrogen and oxygen atoms in total. The van der Waals surface area contributed by atoms with E-state index < -0.39 is 0 Å². The van der Waals surface area contributed by atoms with Crippen LogP contribution in [0.15, 0.2) is 28.9 Å². The predicted octanol–water partition coefficient (Wildman–Crippen LogP) is 2.20. The van der Waals surface area contributed by atoms with Crippen LogP contribution in [0.3, 0.4) is 0 Å². The average molecular weight is 380 g/mol. The van der Waals surface area contributed by atoms with Gasteiger partial charge in [-0.2, -0.15) is 0 Å². The fourth-order valence-corrected chi connectivity index (χ4v) is 3.45. The van der Waals surface area contributed by atoms with Crippen LogP contribution in [0.2, 0.25) is 0 Å². The Balaban J connectivity index is 1.54. The molecule has 0 spiro atoms. The van der Waals surface area contributed by atoms with Crippen molar-refractivity contribution in [1.82, 2.24) is 25.1 Å². The topological polar surface area (TPSA) is 88.3 Å². The molecule has 1 aliphatic heterocycles. The summed E-state index contributed by atoms with van der Waals surface area (Å²) in [6.07, 6.45) is 5.74. The number of pyridine rings is 2. The van der Waals surface area contributed by atoms with Gasteiger partial charge in [-0.1, -0.05) is 5.10 Å². The SMILES string of the molecule is CN1CCC(C(=O)Cc2cc3cc(-c4nnc(N(C)C)o4)ncc3cn2)CC1. The standard InChI is InChI=1S/C20H24N6O2/c1-25(2)20-24-23-19(28-20)17-9-14-8-16(21-11-15(14)12-22-17)10-18(27)13-4-6-26(3)7-5-13/h8-9,11-13H,4-7,10H2,1-3H3. The van der Waals surface area contributed by atoms with Gasteiger partial charge in [0.2, 0.25) is 0 Å². The third kappa shape index (κ3) is 3.87. The summed E-state index contributed by atoms with van der Waals surface area (Å²) in [6.45, 7) is 1.96. The molecule has 4 heterocycles. The van der Waals surface area contributed by atoms with Gasteiger partial charge in [-0.3, -0.25) is 14.8 Å². The van der Waals surface area contributed by atoms with Crippen molar-refractivity contribution in [2.75, 3.05) is 39.1 Å². The number of likely N-dealkylation sites (tertiary alicyclic amines) is 1. The number of rotatable bonds is 5. The van der Waals surface area contributed by atoms with Crippen LogP contribution < -0.4 is 4.90 Å². The van der Waals surface area contributed by atoms with Crippen LogP contribution in [0.4, 0.5) is 6.01 Å². The smallest absolute Gasteiger partial charge is 0.317 e. The first kappa shape index (κ1) is 18.5. The lowest BCUT2D eigenvalue weighted by Crippen LogP contribution is -2.34. The summed E-state index contributed by atoms with van der Waals surface area (Å²) >= 11 is 0. The summed E-state index contributed by atoms with van der Waals surface area (Å²) in [6, 6.07) is 4.28. The number of piperidine rings is 1. The molecule has 0 atom stereocenters. The highest BCUT2D eigenvalue weighted by molar-refractivity contribution is 5.87. The number of Topliss-reactive ketones (excluding diaryl/α,β-unsaturated/α-hetero) is 1. The molecule has 0 aliphatic carbocycles. The van der Waals surface area contributed by atoms with Gasteiger partial charge in [-0.05, 0) is 50.5 Å². The molecule has 1 aliphatic rings. The highest BCUT2D eigenvalue weighted by Crippen LogP contribution is 2.24. The van der Waals surface area contributed by atoms with Crippen LogP contribution in [0.5, 0.6) is 0 Å². The molecule has 8 heteroatoms. The van der Waals surface area contributed by atoms with Crippen molar-refractivity contribution in [3.05, 3.63) is 30.2 Å². The lowest BCUT2D eigenvalue weighted by molar-refractivity contribution is -0.123. The first-order chi connectivity index (χ1) is 13.5. The molecule has 1 fully saturated rings. The first-order valence-electron chi connectivity index (χ1n) is 9.47. The van der Waals surface area contributed by atoms with E-state index in [0.29, 0.717) is 24.0 Å². The Morgan fingerprint density at radius 2 is 1.89 bits per heavy atom. The maximum Gasteiger partial charge on any atom is 0.317 e. The minimum atomic E-state index is 0.143. The Labute approximate surface area is 163 Å². The predicted molar refractivity (Wildman–Crippen MR) is 106 cm³/mol. The normalized spacial score (nSPS) is 15.8. The number of ketones is 1. The number of carbonyl (C=O) groups excluding carboxylic acids is 1. The minimum Gasteiger partial charge on any atom is -0.402 e. The van der Waals surface area contributed by atoms with Gasteiger partial charge in [0.25, 0.3) is 5.89 Å². The van der Waals surface area contributed by atoms with Crippen LogP contribution in [-0.2, 0) is 11.2 Å². The van der Waals surface area contributed by atoms with Crippen LogP contribution in [0, 0.1) is 5.92 Å². The maximum absolute atomic E-state index is 12.7. The van der Waals surface area contributed by atoms with E-state index in [1.54, 1.807) is 17.3 Å². The van der Waals surface area contributed by atoms with E-state index in [9.17, 15) is 4.79 Å². The van der Waals surface area contributed by atoms with E-state index >= 15 is 0 Å². The van der Waals surface area contributed by atoms with Crippen LogP contribution >= 0.6 is 0 Å². The van der Waals surface area contributed by atoms with Gasteiger partial charge in [0, 0.05) is 49.9 Å². The second kappa shape index (κ2) is 7.63. The second-order valence-corrected chi connectivity index (χ2v) is 7.60. The fourth-order valence-electron chi connectivity index (χ4n) is 3.45. The summed E-state index contributed by atoms with van der Waals surface area (Å²) < 4.78 is 5.63. The largest absolute Gasteiger partial charge is 0.402 e. The van der Waals surface area contributed by atoms with E-state index in [2.05, 4.69) is 32.1 Å². The molecule has 0 bridgehead atoms. The van der Waals surface area contributed by atoms with Crippen molar-refractivity contribution in [2.24, 2.45) is 5.92 Å². The lowest BCUT2D eigenvalue weighted by Gasteiger charge is -2.27. The third-order valence-corrected chi connectivity index (χ3v) is 5.21. The van der Waals surface area contributed by atoms with Gasteiger partial charge >= 0.3 is 6.01 Å². The van der Waals surface area contributed by atoms with Gasteiger partial charge < -0.3 is 14.2 Å². The van der Waals surface area contributed by atoms with Crippen molar-refractivity contribution in [3.63, 3.8) is 0 Å². The van der Waals surface area contributed by atoms with Crippen molar-refractivity contribution in [1.29, 1.82) is 0 Å². The van der Waals surface area contributed by atoms with Gasteiger partial charge in [-0.25, -0.2) is 0 Å². The van der Waals surface area contributed by atoms with E-state index in [-0.39, 0.29) is 11.7 Å². The number of aromatic nitrogens is 4. The van der Waals surface area contributed by atoms with Crippen LogP contribution in [-0.4, -0.2) is 65.1 Å². The summed E-state index contributed by atoms with van der Waals surface area (Å²) in [4.78, 5) is 25.5. The molecule has 4 rings (SSSR count). The van der Waals surface area contributed by atoms with Crippen molar-refractivity contribution in [3.8, 4) is 11.6 Å². The molecule has 3 aromatic heterocycles. The zero-order valence-electron chi connectivity index (χ0n) is 16.4. The van der Waals surface area contributed by atoms with Crippen LogP contribution in [0.25, 0.3) is 22.4 Å². The molecule has 0 radical (unpaired) electrons. The third-order valence-electron chi connectivity index (χ3n) is 5.21. The monoisotopic (exact) mass is 380 g/mol. The summed E-state index contributed by atoms with van der Waals surface area (Å²) in [5, 5.41) is 9.92. The van der Waals surface area contributed by atoms with Crippen molar-refractivity contribution < 1.29 is 9.21 Å². The number of nitrogens with zero attached hydrogens (tertiary/aromatic N) is 6. The van der Waals surface area contributed by atoms with Gasteiger partial charge in [0.15, 0.2) is 0 Å². The Kier molecular flexibility index (Phi) is 5.04. The van der Waals surface area contributed by atoms with E-state index in [1.807, 2.05) is 26.2 Å². The molecule has 0 amide bonds. The van der Waals surface area contributed by atoms with E-state index in [0.717, 1.165) is 42.4 Å². The molecule has 0 N–H and O–H groups in total. The second-order valence-electron chi connectivity index (χ2n) is 7.60. The lowest BCUT2D eigenvalue weighted by atomic mass is 9.90. The Morgan fingerprint density at radius 1 is 1.14 bits per heavy atom. The zero-order valence-corrected chi connectivity index (χ0v) is 16.4. The average Bonchev–Trinajstić information content (AvgIpc) is 3.18. The molecule has 1 saturated heterocycles. The van der Waals surface area contributed by atoms with Gasteiger partial charge in [0.05, 0.1) is 0 Å². The highest BCUT2D eigenvalue weighted by Gasteiger charge is 2.23. The molecule has 146 valence electrons. The minimum absolute atomic E-state index is 0.143. The number of hydrogen-bond donors (Lipinski definition) is 0. The van der Waals surface area contributed by atoms with E-state index in [1.165, 1.54) is 0 Å². The molecule has 28 heavy (non-hydrogen) atoms. The van der Waals surface area contributed by atoms with Crippen molar-refractivity contribution >= 4 is 22.6 Å². The Bertz CT molecular complexity index is 991. The molecule has 0 aromatic carbocycles. The zero-order chi connectivity index (χ0) is 19.7. The van der Waals surface area contributed by atoms with Gasteiger partial charge in [-0.15, -0.1) is 5.10 Å². The summed E-state index contributed by atoms with van der Waals surface area (Å²) in [5.74, 6) is 0.790. The Hall–Kier alpha value is -2.87. The summed E-state index contributed by atoms with van der Waals surface area (Å²) in [5.41, 5.74) is 1.39. The number of anilines is 1. The molecule has 0 saturated carbocycles. The number of carbonyl (C=O) groups is 1. The molecule has 0 unspecified atom stereocenters. The molecular weight excluding hydrogens is 356 g/mol.